The molecule has 2 heterocycles. The third-order valence-corrected chi connectivity index (χ3v) is 5.39. The summed E-state index contributed by atoms with van der Waals surface area (Å²) in [7, 11) is 0. The Kier molecular flexibility index (Phi) is 4.15. The van der Waals surface area contributed by atoms with E-state index in [1.165, 1.54) is 11.1 Å². The maximum Gasteiger partial charge on any atom is 0.322 e. The van der Waals surface area contributed by atoms with Crippen molar-refractivity contribution in [3.63, 3.8) is 0 Å². The highest BCUT2D eigenvalue weighted by Crippen LogP contribution is 2.28. The van der Waals surface area contributed by atoms with Crippen molar-refractivity contribution in [1.29, 1.82) is 0 Å². The van der Waals surface area contributed by atoms with Gasteiger partial charge in [-0.1, -0.05) is 24.3 Å². The Morgan fingerprint density at radius 2 is 1.92 bits per heavy atom. The van der Waals surface area contributed by atoms with E-state index in [2.05, 4.69) is 18.3 Å². The summed E-state index contributed by atoms with van der Waals surface area (Å²) in [6.45, 7) is 5.31. The van der Waals surface area contributed by atoms with Gasteiger partial charge in [-0.25, -0.2) is 4.79 Å². The van der Waals surface area contributed by atoms with Crippen LogP contribution in [0.4, 0.5) is 16.2 Å². The van der Waals surface area contributed by atoms with E-state index in [4.69, 9.17) is 0 Å². The van der Waals surface area contributed by atoms with Crippen LogP contribution >= 0.6 is 0 Å². The van der Waals surface area contributed by atoms with Gasteiger partial charge in [-0.3, -0.25) is 9.69 Å². The molecule has 0 saturated carbocycles. The summed E-state index contributed by atoms with van der Waals surface area (Å²) in [5.41, 5.74) is 5.44. The number of urea groups is 1. The monoisotopic (exact) mass is 349 g/mol. The van der Waals surface area contributed by atoms with Crippen molar-refractivity contribution in [2.45, 2.75) is 32.7 Å². The summed E-state index contributed by atoms with van der Waals surface area (Å²) in [6, 6.07) is 13.7. The summed E-state index contributed by atoms with van der Waals surface area (Å²) in [5, 5.41) is 3.04. The second kappa shape index (κ2) is 6.48. The van der Waals surface area contributed by atoms with Gasteiger partial charge in [0.1, 0.15) is 0 Å². The molecule has 2 aliphatic rings. The Hall–Kier alpha value is -2.82. The minimum absolute atomic E-state index is 0.0559. The van der Waals surface area contributed by atoms with Gasteiger partial charge in [0, 0.05) is 30.9 Å². The molecule has 5 heteroatoms. The Balaban J connectivity index is 1.44. The first-order chi connectivity index (χ1) is 12.5. The second-order valence-electron chi connectivity index (χ2n) is 7.15. The topological polar surface area (TPSA) is 52.7 Å². The molecule has 1 atom stereocenters. The fraction of sp³-hybridized carbons (Fsp3) is 0.333. The lowest BCUT2D eigenvalue weighted by molar-refractivity contribution is -0.117. The van der Waals surface area contributed by atoms with Gasteiger partial charge in [-0.2, -0.15) is 0 Å². The van der Waals surface area contributed by atoms with Crippen LogP contribution in [0.3, 0.4) is 0 Å². The number of carbonyl (C=O) groups excluding carboxylic acids is 2. The summed E-state index contributed by atoms with van der Waals surface area (Å²) in [5.74, 6) is 0.0559. The number of rotatable bonds is 2. The van der Waals surface area contributed by atoms with Crippen molar-refractivity contribution >= 4 is 23.3 Å². The van der Waals surface area contributed by atoms with Crippen LogP contribution in [0, 0.1) is 13.8 Å². The van der Waals surface area contributed by atoms with Gasteiger partial charge < -0.3 is 10.2 Å². The molecule has 0 aromatic heterocycles. The summed E-state index contributed by atoms with van der Waals surface area (Å²) >= 11 is 0. The third-order valence-electron chi connectivity index (χ3n) is 5.39. The molecule has 0 bridgehead atoms. The fourth-order valence-electron chi connectivity index (χ4n) is 3.75. The predicted molar refractivity (Wildman–Crippen MR) is 103 cm³/mol. The van der Waals surface area contributed by atoms with Crippen molar-refractivity contribution in [3.8, 4) is 0 Å². The summed E-state index contributed by atoms with van der Waals surface area (Å²) < 4.78 is 0. The van der Waals surface area contributed by atoms with Crippen LogP contribution in [-0.2, 0) is 11.2 Å². The molecular formula is C21H23N3O2. The van der Waals surface area contributed by atoms with Crippen molar-refractivity contribution in [1.82, 2.24) is 5.32 Å². The number of nitrogens with zero attached hydrogens (tertiary/aromatic N) is 2. The number of amides is 3. The van der Waals surface area contributed by atoms with Crippen LogP contribution in [0.2, 0.25) is 0 Å². The molecule has 2 aromatic carbocycles. The van der Waals surface area contributed by atoms with E-state index in [1.807, 2.05) is 43.3 Å². The largest absolute Gasteiger partial charge is 0.333 e. The van der Waals surface area contributed by atoms with Crippen molar-refractivity contribution < 1.29 is 9.59 Å². The molecule has 5 nitrogen and oxygen atoms in total. The lowest BCUT2D eigenvalue weighted by Crippen LogP contribution is -2.45. The number of anilines is 2. The average Bonchev–Trinajstić information content (AvgIpc) is 3.21. The quantitative estimate of drug-likeness (QED) is 0.905. The first kappa shape index (κ1) is 16.6. The molecule has 4 rings (SSSR count). The van der Waals surface area contributed by atoms with Gasteiger partial charge in [-0.15, -0.1) is 0 Å². The lowest BCUT2D eigenvalue weighted by atomic mass is 10.1. The maximum absolute atomic E-state index is 12.7. The zero-order chi connectivity index (χ0) is 18.3. The number of fused-ring (bicyclic) bond motifs is 1. The van der Waals surface area contributed by atoms with Crippen molar-refractivity contribution in [2.75, 3.05) is 22.9 Å². The molecule has 26 heavy (non-hydrogen) atoms. The maximum atomic E-state index is 12.7. The number of hydrogen-bond acceptors (Lipinski definition) is 2. The van der Waals surface area contributed by atoms with Crippen LogP contribution in [-0.4, -0.2) is 31.1 Å². The fourth-order valence-corrected chi connectivity index (χ4v) is 3.75. The first-order valence-electron chi connectivity index (χ1n) is 9.06. The van der Waals surface area contributed by atoms with E-state index in [1.54, 1.807) is 9.80 Å². The molecule has 1 saturated heterocycles. The first-order valence-corrected chi connectivity index (χ1v) is 9.06. The Morgan fingerprint density at radius 1 is 1.12 bits per heavy atom. The van der Waals surface area contributed by atoms with Gasteiger partial charge in [-0.05, 0) is 55.2 Å². The number of para-hydroxylation sites is 1. The van der Waals surface area contributed by atoms with E-state index in [0.717, 1.165) is 23.4 Å². The molecule has 0 radical (unpaired) electrons. The molecule has 0 aliphatic carbocycles. The number of carbonyl (C=O) groups is 2. The highest BCUT2D eigenvalue weighted by atomic mass is 16.2. The van der Waals surface area contributed by atoms with E-state index < -0.39 is 0 Å². The normalized spacial score (nSPS) is 19.0. The van der Waals surface area contributed by atoms with Crippen LogP contribution in [0.5, 0.6) is 0 Å². The highest BCUT2D eigenvalue weighted by Gasteiger charge is 2.33. The summed E-state index contributed by atoms with van der Waals surface area (Å²) in [4.78, 5) is 28.7. The molecule has 1 unspecified atom stereocenters. The molecule has 2 aliphatic heterocycles. The minimum atomic E-state index is -0.163. The van der Waals surface area contributed by atoms with E-state index in [0.29, 0.717) is 19.5 Å². The predicted octanol–water partition coefficient (Wildman–Crippen LogP) is 3.18. The van der Waals surface area contributed by atoms with E-state index in [-0.39, 0.29) is 18.0 Å². The van der Waals surface area contributed by atoms with Gasteiger partial charge in [0.25, 0.3) is 0 Å². The summed E-state index contributed by atoms with van der Waals surface area (Å²) in [6.07, 6.45) is 1.22. The number of nitrogens with one attached hydrogen (secondary N) is 1. The Bertz CT molecular complexity index is 877. The zero-order valence-corrected chi connectivity index (χ0v) is 15.2. The Labute approximate surface area is 153 Å². The Morgan fingerprint density at radius 3 is 2.73 bits per heavy atom. The lowest BCUT2D eigenvalue weighted by Gasteiger charge is -2.22. The molecular weight excluding hydrogens is 326 g/mol. The van der Waals surface area contributed by atoms with Crippen LogP contribution in [0.25, 0.3) is 0 Å². The smallest absolute Gasteiger partial charge is 0.322 e. The SMILES string of the molecule is Cc1ccc(N2CC(NC(=O)N3CCc4ccccc43)CC2=O)cc1C. The third kappa shape index (κ3) is 2.94. The standard InChI is InChI=1S/C21H23N3O2/c1-14-7-8-18(11-15(14)2)24-13-17(12-20(24)25)22-21(26)23-10-9-16-5-3-4-6-19(16)23/h3-8,11,17H,9-10,12-13H2,1-2H3,(H,22,26). The zero-order valence-electron chi connectivity index (χ0n) is 15.2. The van der Waals surface area contributed by atoms with E-state index >= 15 is 0 Å². The van der Waals surface area contributed by atoms with Crippen LogP contribution in [0.15, 0.2) is 42.5 Å². The van der Waals surface area contributed by atoms with Gasteiger partial charge >= 0.3 is 6.03 Å². The number of benzene rings is 2. The molecule has 0 spiro atoms. The number of aryl methyl sites for hydroxylation is 2. The second-order valence-corrected chi connectivity index (χ2v) is 7.15. The number of hydrogen-bond donors (Lipinski definition) is 1. The van der Waals surface area contributed by atoms with Crippen molar-refractivity contribution in [3.05, 3.63) is 59.2 Å². The minimum Gasteiger partial charge on any atom is -0.333 e. The van der Waals surface area contributed by atoms with Crippen LogP contribution < -0.4 is 15.1 Å². The van der Waals surface area contributed by atoms with Gasteiger partial charge in [0.05, 0.1) is 6.04 Å². The highest BCUT2D eigenvalue weighted by molar-refractivity contribution is 5.98. The molecule has 1 fully saturated rings. The molecule has 3 amide bonds. The van der Waals surface area contributed by atoms with Crippen molar-refractivity contribution in [2.24, 2.45) is 0 Å². The van der Waals surface area contributed by atoms with Gasteiger partial charge in [0.15, 0.2) is 0 Å². The molecule has 1 N–H and O–H groups in total. The molecule has 2 aromatic rings. The average molecular weight is 349 g/mol. The van der Waals surface area contributed by atoms with Crippen LogP contribution in [0.1, 0.15) is 23.1 Å². The van der Waals surface area contributed by atoms with E-state index in [9.17, 15) is 9.59 Å². The molecule has 134 valence electrons. The van der Waals surface area contributed by atoms with Gasteiger partial charge in [0.2, 0.25) is 5.91 Å².